The van der Waals surface area contributed by atoms with E-state index < -0.39 is 0 Å². The van der Waals surface area contributed by atoms with E-state index in [-0.39, 0.29) is 5.91 Å². The number of amides is 1. The van der Waals surface area contributed by atoms with Gasteiger partial charge in [0.1, 0.15) is 0 Å². The fraction of sp³-hybridized carbons (Fsp3) is 0.733. The Balaban J connectivity index is 2.11. The first-order valence-electron chi connectivity index (χ1n) is 7.50. The Morgan fingerprint density at radius 3 is 2.80 bits per heavy atom. The van der Waals surface area contributed by atoms with Crippen molar-refractivity contribution in [3.05, 3.63) is 17.5 Å². The second-order valence-corrected chi connectivity index (χ2v) is 5.57. The number of nitrogens with zero attached hydrogens (tertiary/aromatic N) is 2. The molecule has 1 aromatic rings. The van der Waals surface area contributed by atoms with Crippen molar-refractivity contribution < 1.29 is 4.79 Å². The van der Waals surface area contributed by atoms with E-state index in [4.69, 9.17) is 5.73 Å². The van der Waals surface area contributed by atoms with Gasteiger partial charge in [-0.3, -0.25) is 9.48 Å². The van der Waals surface area contributed by atoms with E-state index in [0.717, 1.165) is 31.5 Å². The minimum Gasteiger partial charge on any atom is -0.356 e. The molecule has 114 valence electrons. The van der Waals surface area contributed by atoms with Crippen molar-refractivity contribution >= 4 is 5.91 Å². The molecule has 0 aliphatic carbocycles. The Kier molecular flexibility index (Phi) is 7.30. The van der Waals surface area contributed by atoms with E-state index in [1.807, 2.05) is 11.6 Å². The summed E-state index contributed by atoms with van der Waals surface area (Å²) in [5.41, 5.74) is 7.71. The van der Waals surface area contributed by atoms with Crippen LogP contribution >= 0.6 is 0 Å². The number of carbonyl (C=O) groups excluding carboxylic acids is 1. The third kappa shape index (κ3) is 6.19. The van der Waals surface area contributed by atoms with Crippen LogP contribution in [0.4, 0.5) is 0 Å². The summed E-state index contributed by atoms with van der Waals surface area (Å²) in [5.74, 6) is 0.669. The summed E-state index contributed by atoms with van der Waals surface area (Å²) >= 11 is 0. The standard InChI is InChI=1S/C15H28N4O/c1-12(7-8-16)5-6-15(20)17-9-4-10-19-14(3)11-13(2)18-19/h11-12H,4-10,16H2,1-3H3,(H,17,20). The number of hydrogen-bond donors (Lipinski definition) is 2. The Morgan fingerprint density at radius 2 is 2.20 bits per heavy atom. The number of rotatable bonds is 9. The van der Waals surface area contributed by atoms with Crippen LogP contribution in [0.15, 0.2) is 6.07 Å². The van der Waals surface area contributed by atoms with Gasteiger partial charge in [0, 0.05) is 25.2 Å². The van der Waals surface area contributed by atoms with E-state index in [1.54, 1.807) is 0 Å². The molecule has 3 N–H and O–H groups in total. The topological polar surface area (TPSA) is 72.9 Å². The molecule has 1 unspecified atom stereocenters. The zero-order chi connectivity index (χ0) is 15.0. The molecule has 0 spiro atoms. The lowest BCUT2D eigenvalue weighted by Gasteiger charge is -2.10. The van der Waals surface area contributed by atoms with Crippen LogP contribution in [0.1, 0.15) is 44.0 Å². The van der Waals surface area contributed by atoms with Crippen LogP contribution in [-0.4, -0.2) is 28.8 Å². The fourth-order valence-corrected chi connectivity index (χ4v) is 2.25. The molecule has 0 aromatic carbocycles. The summed E-state index contributed by atoms with van der Waals surface area (Å²) in [5, 5.41) is 7.36. The van der Waals surface area contributed by atoms with E-state index in [0.29, 0.717) is 25.4 Å². The highest BCUT2D eigenvalue weighted by Crippen LogP contribution is 2.08. The van der Waals surface area contributed by atoms with Crippen molar-refractivity contribution in [3.8, 4) is 0 Å². The van der Waals surface area contributed by atoms with Crippen molar-refractivity contribution in [3.63, 3.8) is 0 Å². The van der Waals surface area contributed by atoms with Gasteiger partial charge < -0.3 is 11.1 Å². The minimum absolute atomic E-state index is 0.141. The molecule has 20 heavy (non-hydrogen) atoms. The Bertz CT molecular complexity index is 414. The van der Waals surface area contributed by atoms with Gasteiger partial charge in [-0.25, -0.2) is 0 Å². The van der Waals surface area contributed by atoms with Gasteiger partial charge in [-0.05, 0) is 51.6 Å². The molecule has 0 aliphatic rings. The van der Waals surface area contributed by atoms with E-state index in [2.05, 4.69) is 30.3 Å². The quantitative estimate of drug-likeness (QED) is 0.677. The predicted octanol–water partition coefficient (Wildman–Crippen LogP) is 1.77. The largest absolute Gasteiger partial charge is 0.356 e. The molecule has 1 aromatic heterocycles. The van der Waals surface area contributed by atoms with E-state index >= 15 is 0 Å². The molecule has 0 saturated carbocycles. The third-order valence-corrected chi connectivity index (χ3v) is 3.50. The maximum atomic E-state index is 11.7. The number of nitrogens with one attached hydrogen (secondary N) is 1. The summed E-state index contributed by atoms with van der Waals surface area (Å²) in [6, 6.07) is 2.07. The fourth-order valence-electron chi connectivity index (χ4n) is 2.25. The van der Waals surface area contributed by atoms with Gasteiger partial charge in [-0.15, -0.1) is 0 Å². The average molecular weight is 280 g/mol. The van der Waals surface area contributed by atoms with Crippen molar-refractivity contribution in [1.82, 2.24) is 15.1 Å². The molecule has 0 saturated heterocycles. The molecule has 0 fully saturated rings. The molecular weight excluding hydrogens is 252 g/mol. The molecular formula is C15H28N4O. The highest BCUT2D eigenvalue weighted by atomic mass is 16.1. The number of nitrogens with two attached hydrogens (primary N) is 1. The molecule has 1 heterocycles. The molecule has 5 heteroatoms. The van der Waals surface area contributed by atoms with Crippen molar-refractivity contribution in [2.45, 2.75) is 53.0 Å². The van der Waals surface area contributed by atoms with E-state index in [1.165, 1.54) is 5.69 Å². The maximum Gasteiger partial charge on any atom is 0.220 e. The summed E-state index contributed by atoms with van der Waals surface area (Å²) in [6.07, 6.45) is 3.42. The van der Waals surface area contributed by atoms with Gasteiger partial charge in [-0.1, -0.05) is 6.92 Å². The SMILES string of the molecule is Cc1cc(C)n(CCCNC(=O)CCC(C)CCN)n1. The molecule has 0 bridgehead atoms. The van der Waals surface area contributed by atoms with Crippen LogP contribution in [-0.2, 0) is 11.3 Å². The lowest BCUT2D eigenvalue weighted by atomic mass is 10.0. The van der Waals surface area contributed by atoms with Gasteiger partial charge in [-0.2, -0.15) is 5.10 Å². The average Bonchev–Trinajstić information content (AvgIpc) is 2.71. The monoisotopic (exact) mass is 280 g/mol. The van der Waals surface area contributed by atoms with Crippen LogP contribution in [0, 0.1) is 19.8 Å². The zero-order valence-electron chi connectivity index (χ0n) is 13.0. The lowest BCUT2D eigenvalue weighted by Crippen LogP contribution is -2.25. The van der Waals surface area contributed by atoms with Crippen molar-refractivity contribution in [2.75, 3.05) is 13.1 Å². The van der Waals surface area contributed by atoms with Gasteiger partial charge in [0.25, 0.3) is 0 Å². The predicted molar refractivity (Wildman–Crippen MR) is 81.4 cm³/mol. The smallest absolute Gasteiger partial charge is 0.220 e. The first-order valence-corrected chi connectivity index (χ1v) is 7.50. The van der Waals surface area contributed by atoms with Crippen LogP contribution in [0.3, 0.4) is 0 Å². The van der Waals surface area contributed by atoms with Gasteiger partial charge in [0.2, 0.25) is 5.91 Å². The summed E-state index contributed by atoms with van der Waals surface area (Å²) in [4.78, 5) is 11.7. The lowest BCUT2D eigenvalue weighted by molar-refractivity contribution is -0.121. The Hall–Kier alpha value is -1.36. The molecule has 5 nitrogen and oxygen atoms in total. The number of hydrogen-bond acceptors (Lipinski definition) is 3. The van der Waals surface area contributed by atoms with Crippen molar-refractivity contribution in [1.29, 1.82) is 0 Å². The Labute approximate surface area is 121 Å². The second kappa shape index (κ2) is 8.74. The van der Waals surface area contributed by atoms with Crippen LogP contribution < -0.4 is 11.1 Å². The van der Waals surface area contributed by atoms with Crippen LogP contribution in [0.2, 0.25) is 0 Å². The molecule has 0 aliphatic heterocycles. The van der Waals surface area contributed by atoms with Crippen LogP contribution in [0.25, 0.3) is 0 Å². The first kappa shape index (κ1) is 16.7. The summed E-state index contributed by atoms with van der Waals surface area (Å²) in [7, 11) is 0. The first-order chi connectivity index (χ1) is 9.52. The van der Waals surface area contributed by atoms with Gasteiger partial charge in [0.05, 0.1) is 5.69 Å². The third-order valence-electron chi connectivity index (χ3n) is 3.50. The summed E-state index contributed by atoms with van der Waals surface area (Å²) in [6.45, 7) is 8.45. The van der Waals surface area contributed by atoms with Gasteiger partial charge >= 0.3 is 0 Å². The molecule has 1 rings (SSSR count). The van der Waals surface area contributed by atoms with Gasteiger partial charge in [0.15, 0.2) is 0 Å². The highest BCUT2D eigenvalue weighted by Gasteiger charge is 2.06. The van der Waals surface area contributed by atoms with Crippen LogP contribution in [0.5, 0.6) is 0 Å². The molecule has 0 radical (unpaired) electrons. The highest BCUT2D eigenvalue weighted by molar-refractivity contribution is 5.75. The number of carbonyl (C=O) groups is 1. The van der Waals surface area contributed by atoms with E-state index in [9.17, 15) is 4.79 Å². The zero-order valence-corrected chi connectivity index (χ0v) is 13.0. The normalized spacial score (nSPS) is 12.4. The molecule has 1 amide bonds. The Morgan fingerprint density at radius 1 is 1.45 bits per heavy atom. The summed E-state index contributed by atoms with van der Waals surface area (Å²) < 4.78 is 1.99. The maximum absolute atomic E-state index is 11.7. The second-order valence-electron chi connectivity index (χ2n) is 5.57. The number of aryl methyl sites for hydroxylation is 3. The minimum atomic E-state index is 0.141. The van der Waals surface area contributed by atoms with Crippen molar-refractivity contribution in [2.24, 2.45) is 11.7 Å². The number of aromatic nitrogens is 2. The molecule has 1 atom stereocenters.